The Morgan fingerprint density at radius 3 is 2.04 bits per heavy atom. The van der Waals surface area contributed by atoms with Gasteiger partial charge in [-0.3, -0.25) is 53.2 Å². The fourth-order valence-electron chi connectivity index (χ4n) is 11.8. The Hall–Kier alpha value is -3.94. The summed E-state index contributed by atoms with van der Waals surface area (Å²) in [7, 11) is -4.98. The van der Waals surface area contributed by atoms with E-state index in [0.29, 0.717) is 72.2 Å². The number of benzene rings is 3. The van der Waals surface area contributed by atoms with Gasteiger partial charge in [0.05, 0.1) is 22.2 Å². The van der Waals surface area contributed by atoms with E-state index in [1.165, 1.54) is 11.0 Å². The second-order valence-electron chi connectivity index (χ2n) is 20.6. The first-order valence-electron chi connectivity index (χ1n) is 24.3. The molecule has 10 rings (SSSR count). The van der Waals surface area contributed by atoms with Gasteiger partial charge in [0.2, 0.25) is 41.4 Å². The Labute approximate surface area is 463 Å². The average Bonchev–Trinajstić information content (AvgIpc) is 4.05. The minimum atomic E-state index is -4.98. The first-order valence-corrected chi connectivity index (χ1v) is 27.4. The van der Waals surface area contributed by atoms with Crippen LogP contribution in [0.1, 0.15) is 114 Å². The zero-order chi connectivity index (χ0) is 51.8. The van der Waals surface area contributed by atoms with Crippen LogP contribution in [0.15, 0.2) is 41.4 Å². The Morgan fingerprint density at radius 2 is 1.47 bits per heavy atom. The number of fused-ring (bicyclic) bond motifs is 6. The van der Waals surface area contributed by atoms with E-state index >= 15 is 0 Å². The van der Waals surface area contributed by atoms with Gasteiger partial charge in [-0.1, -0.05) is 56.7 Å². The molecule has 5 N–H and O–H groups in total. The number of aliphatic imine (C=N–C) groups is 1. The average molecular weight is 1150 g/mol. The molecule has 18 nitrogen and oxygen atoms in total. The SMILES string of the molecule is CC1C=Nc2c(OP(=O)(O)O)cc3c(c21)[C@H](CCl)CN3C(=O)C12CC(C(=O)N3C[C@@H](CCl)c4c3cc(NC(=O)[C@H](C)NC(=O)[C@@H](NC(=O)CCCCCN3C(=O)CC([S-])C3=O)C(C)C)c3ccccc43)(C1)C2.[Y]. The molecule has 73 heavy (non-hydrogen) atoms. The van der Waals surface area contributed by atoms with Crippen molar-refractivity contribution >= 4 is 125 Å². The topological polar surface area (TPSA) is 244 Å². The van der Waals surface area contributed by atoms with Crippen molar-refractivity contribution in [3.05, 3.63) is 53.1 Å². The maximum atomic E-state index is 14.8. The summed E-state index contributed by atoms with van der Waals surface area (Å²) >= 11 is 18.1. The van der Waals surface area contributed by atoms with E-state index < -0.39 is 47.8 Å². The number of carbonyl (C=O) groups is 7. The molecule has 4 aliphatic heterocycles. The number of nitrogens with zero attached hydrogens (tertiary/aromatic N) is 4. The third-order valence-electron chi connectivity index (χ3n) is 15.3. The Kier molecular flexibility index (Phi) is 16.1. The number of hydrogen-bond donors (Lipinski definition) is 5. The summed E-state index contributed by atoms with van der Waals surface area (Å²) in [5, 5.41) is 9.31. The van der Waals surface area contributed by atoms with Gasteiger partial charge in [-0.15, -0.1) is 23.2 Å². The molecule has 3 aromatic carbocycles. The van der Waals surface area contributed by atoms with Crippen LogP contribution in [-0.2, 0) is 83.5 Å². The van der Waals surface area contributed by atoms with Crippen LogP contribution in [0.2, 0.25) is 0 Å². The molecular weight excluding hydrogens is 1100 g/mol. The van der Waals surface area contributed by atoms with Crippen molar-refractivity contribution in [1.82, 2.24) is 15.5 Å². The first kappa shape index (κ1) is 55.3. The predicted octanol–water partition coefficient (Wildman–Crippen LogP) is 6.16. The Morgan fingerprint density at radius 1 is 0.863 bits per heavy atom. The second-order valence-corrected chi connectivity index (χ2v) is 23.0. The summed E-state index contributed by atoms with van der Waals surface area (Å²) < 4.78 is 17.1. The number of rotatable bonds is 18. The molecule has 2 bridgehead atoms. The van der Waals surface area contributed by atoms with Crippen LogP contribution < -0.4 is 30.3 Å². The van der Waals surface area contributed by atoms with Crippen LogP contribution in [-0.4, -0.2) is 111 Å². The summed E-state index contributed by atoms with van der Waals surface area (Å²) in [6.45, 7) is 7.80. The van der Waals surface area contributed by atoms with Gasteiger partial charge < -0.3 is 42.9 Å². The van der Waals surface area contributed by atoms with Crippen LogP contribution in [0.3, 0.4) is 0 Å². The fourth-order valence-corrected chi connectivity index (χ4v) is 13.0. The minimum Gasteiger partial charge on any atom is -0.779 e. The van der Waals surface area contributed by atoms with Gasteiger partial charge in [0.25, 0.3) is 0 Å². The molecule has 4 heterocycles. The summed E-state index contributed by atoms with van der Waals surface area (Å²) in [4.78, 5) is 123. The largest absolute Gasteiger partial charge is 0.779 e. The molecule has 2 unspecified atom stereocenters. The van der Waals surface area contributed by atoms with Crippen molar-refractivity contribution in [2.24, 2.45) is 21.7 Å². The number of anilines is 3. The first-order chi connectivity index (χ1) is 34.1. The molecule has 0 aromatic heterocycles. The van der Waals surface area contributed by atoms with Crippen molar-refractivity contribution in [1.29, 1.82) is 0 Å². The molecule has 3 saturated carbocycles. The van der Waals surface area contributed by atoms with Crippen molar-refractivity contribution in [3.63, 3.8) is 0 Å². The molecule has 7 aliphatic rings. The van der Waals surface area contributed by atoms with Crippen LogP contribution >= 0.6 is 31.0 Å². The molecule has 3 aliphatic carbocycles. The van der Waals surface area contributed by atoms with Crippen LogP contribution in [0.5, 0.6) is 5.75 Å². The van der Waals surface area contributed by atoms with E-state index in [1.54, 1.807) is 42.9 Å². The van der Waals surface area contributed by atoms with Crippen molar-refractivity contribution in [2.75, 3.05) is 46.5 Å². The van der Waals surface area contributed by atoms with Gasteiger partial charge in [-0.25, -0.2) is 4.57 Å². The number of likely N-dealkylation sites (tertiary alicyclic amines) is 1. The molecule has 0 spiro atoms. The molecule has 1 saturated heterocycles. The summed E-state index contributed by atoms with van der Waals surface area (Å²) in [6, 6.07) is 8.74. The molecule has 6 atom stereocenters. The van der Waals surface area contributed by atoms with Crippen molar-refractivity contribution in [3.8, 4) is 5.75 Å². The Balaban J connectivity index is 0.00000711. The predicted molar refractivity (Wildman–Crippen MR) is 274 cm³/mol. The zero-order valence-electron chi connectivity index (χ0n) is 40.8. The number of alkyl halides is 2. The molecule has 7 amide bonds. The smallest absolute Gasteiger partial charge is 0.524 e. The maximum Gasteiger partial charge on any atom is 0.524 e. The third kappa shape index (κ3) is 10.2. The van der Waals surface area contributed by atoms with E-state index in [1.807, 2.05) is 31.2 Å². The quantitative estimate of drug-likeness (QED) is 0.0317. The van der Waals surface area contributed by atoms with Crippen LogP contribution in [0.25, 0.3) is 10.8 Å². The molecule has 3 aromatic rings. The number of amides is 7. The number of unbranched alkanes of at least 4 members (excludes halogenated alkanes) is 2. The van der Waals surface area contributed by atoms with Gasteiger partial charge in [0.1, 0.15) is 17.8 Å². The second kappa shape index (κ2) is 21.2. The van der Waals surface area contributed by atoms with E-state index in [9.17, 15) is 47.9 Å². The number of carbonyl (C=O) groups excluding carboxylic acids is 7. The van der Waals surface area contributed by atoms with E-state index in [4.69, 9.17) is 40.4 Å². The fraction of sp³-hybridized carbons (Fsp3) is 0.520. The van der Waals surface area contributed by atoms with Gasteiger partial charge in [0.15, 0.2) is 5.75 Å². The molecule has 23 heteroatoms. The number of phosphoric acid groups is 1. The Bertz CT molecular complexity index is 2880. The summed E-state index contributed by atoms with van der Waals surface area (Å²) in [5.41, 5.74) is 2.51. The van der Waals surface area contributed by atoms with E-state index in [-0.39, 0.29) is 136 Å². The summed E-state index contributed by atoms with van der Waals surface area (Å²) in [5.74, 6) is -3.13. The van der Waals surface area contributed by atoms with E-state index in [2.05, 4.69) is 20.9 Å². The molecule has 1 radical (unpaired) electrons. The number of halogens is 2. The zero-order valence-corrected chi connectivity index (χ0v) is 46.9. The number of phosphoric ester groups is 1. The maximum absolute atomic E-state index is 14.8. The molecule has 4 fully saturated rings. The minimum absolute atomic E-state index is 0. The van der Waals surface area contributed by atoms with E-state index in [0.717, 1.165) is 16.5 Å². The van der Waals surface area contributed by atoms with Gasteiger partial charge >= 0.3 is 7.82 Å². The van der Waals surface area contributed by atoms with Crippen molar-refractivity contribution in [2.45, 2.75) is 114 Å². The van der Waals surface area contributed by atoms with Gasteiger partial charge in [0, 0.05) is 118 Å². The van der Waals surface area contributed by atoms with Crippen LogP contribution in [0.4, 0.5) is 22.7 Å². The third-order valence-corrected chi connectivity index (χ3v) is 16.8. The molecule has 387 valence electrons. The van der Waals surface area contributed by atoms with Gasteiger partial charge in [-0.2, -0.15) is 0 Å². The van der Waals surface area contributed by atoms with Crippen LogP contribution in [0, 0.1) is 16.7 Å². The number of nitrogens with one attached hydrogen (secondary N) is 3. The normalized spacial score (nSPS) is 25.1. The standard InChI is InChI=1S/C50H58Cl2N7O11PS.Y/c1-25(2)42(56-37(60)12-6-5-9-13-57-38(61)16-36(72)46(57)64)45(63)54-27(4)44(62)55-32-14-33-40(31-11-8-7-10-30(31)32)28(17-51)20-58(33)47(65)49-22-50(23-49,24-49)48(66)59-21-29(18-52)41-34(59)15-35(70-71(67,68)69)43-39(41)26(3)19-53-43;/h7-8,10-11,14-15,19,25-29,36,42,72H,5-6,9,12-13,16-18,20-24H2,1-4H3,(H,54,63)(H,55,62)(H,56,60)(H2,67,68,69);/p-1/t26?,27-,28+,29+,36?,42-,49?,50?;/m0./s1. The van der Waals surface area contributed by atoms with Crippen molar-refractivity contribution < 1.29 is 85.1 Å². The summed E-state index contributed by atoms with van der Waals surface area (Å²) in [6.07, 6.45) is 4.31. The monoisotopic (exact) mass is 1150 g/mol. The van der Waals surface area contributed by atoms with Gasteiger partial charge in [-0.05, 0) is 73.1 Å². The number of imide groups is 1. The molecular formula is C50H57Cl2N7O11PSY-. The number of hydrogen-bond acceptors (Lipinski definition) is 11.